The van der Waals surface area contributed by atoms with E-state index in [1.54, 1.807) is 0 Å². The van der Waals surface area contributed by atoms with Crippen LogP contribution in [0.2, 0.25) is 0 Å². The van der Waals surface area contributed by atoms with Crippen LogP contribution in [0.3, 0.4) is 0 Å². The number of sulfonamides is 1. The molecule has 0 unspecified atom stereocenters. The van der Waals surface area contributed by atoms with Crippen molar-refractivity contribution in [2.75, 3.05) is 10.8 Å². The Hall–Kier alpha value is -3.81. The summed E-state index contributed by atoms with van der Waals surface area (Å²) in [5.74, 6) is -1.21. The molecular weight excluding hydrogens is 542 g/mol. The Morgan fingerprint density at radius 2 is 1.71 bits per heavy atom. The molecule has 0 aliphatic carbocycles. The Morgan fingerprint density at radius 3 is 2.37 bits per heavy atom. The number of nitrogens with zero attached hydrogens (tertiary/aromatic N) is 2. The van der Waals surface area contributed by atoms with Gasteiger partial charge in [0.25, 0.3) is 10.0 Å². The normalized spacial score (nSPS) is 16.1. The van der Waals surface area contributed by atoms with Crippen LogP contribution >= 0.6 is 0 Å². The molecule has 0 fully saturated rings. The molecule has 0 saturated carbocycles. The van der Waals surface area contributed by atoms with E-state index in [0.29, 0.717) is 12.1 Å². The number of ether oxygens (including phenoxy) is 1. The SMILES string of the molecule is O=C(O)CC[C@H]1CN(S(=O)(=O)c2cccc(C(F)(F)F)c2)c2cc(-c3cccc(C(F)(F)F)n3)ccc2O1. The summed E-state index contributed by atoms with van der Waals surface area (Å²) in [6, 6.07) is 10.1. The highest BCUT2D eigenvalue weighted by atomic mass is 32.2. The van der Waals surface area contributed by atoms with Gasteiger partial charge in [0.05, 0.1) is 28.4 Å². The third-order valence-electron chi connectivity index (χ3n) is 5.66. The highest BCUT2D eigenvalue weighted by Gasteiger charge is 2.38. The van der Waals surface area contributed by atoms with Crippen molar-refractivity contribution in [2.45, 2.75) is 36.2 Å². The summed E-state index contributed by atoms with van der Waals surface area (Å²) in [4.78, 5) is 13.9. The predicted octanol–water partition coefficient (Wildman–Crippen LogP) is 5.61. The van der Waals surface area contributed by atoms with E-state index in [0.717, 1.165) is 28.6 Å². The van der Waals surface area contributed by atoms with Gasteiger partial charge in [0, 0.05) is 12.0 Å². The van der Waals surface area contributed by atoms with Gasteiger partial charge in [0.1, 0.15) is 17.5 Å². The summed E-state index contributed by atoms with van der Waals surface area (Å²) in [5, 5.41) is 9.01. The molecule has 1 atom stereocenters. The molecule has 1 aromatic heterocycles. The Balaban J connectivity index is 1.82. The second-order valence-electron chi connectivity index (χ2n) is 8.32. The quantitative estimate of drug-likeness (QED) is 0.394. The molecule has 202 valence electrons. The third-order valence-corrected chi connectivity index (χ3v) is 7.43. The molecule has 2 aromatic carbocycles. The van der Waals surface area contributed by atoms with Crippen molar-refractivity contribution in [3.05, 3.63) is 71.9 Å². The predicted molar refractivity (Wildman–Crippen MR) is 122 cm³/mol. The van der Waals surface area contributed by atoms with Crippen molar-refractivity contribution < 1.29 is 49.4 Å². The van der Waals surface area contributed by atoms with Crippen molar-refractivity contribution in [2.24, 2.45) is 0 Å². The summed E-state index contributed by atoms with van der Waals surface area (Å²) >= 11 is 0. The summed E-state index contributed by atoms with van der Waals surface area (Å²) in [6.07, 6.45) is -11.0. The van der Waals surface area contributed by atoms with Crippen molar-refractivity contribution in [1.29, 1.82) is 0 Å². The number of aromatic nitrogens is 1. The maximum atomic E-state index is 13.6. The fourth-order valence-corrected chi connectivity index (χ4v) is 5.39. The number of rotatable bonds is 6. The molecule has 0 spiro atoms. The third kappa shape index (κ3) is 5.69. The number of aliphatic carboxylic acids is 1. The lowest BCUT2D eigenvalue weighted by molar-refractivity contribution is -0.141. The number of carboxylic acids is 1. The molecule has 1 N–H and O–H groups in total. The van der Waals surface area contributed by atoms with Crippen LogP contribution in [0.4, 0.5) is 32.0 Å². The maximum absolute atomic E-state index is 13.6. The zero-order valence-corrected chi connectivity index (χ0v) is 19.9. The number of hydrogen-bond donors (Lipinski definition) is 1. The number of halogens is 6. The number of pyridine rings is 1. The fraction of sp³-hybridized carbons (Fsp3) is 0.250. The molecule has 2 heterocycles. The number of hydrogen-bond acceptors (Lipinski definition) is 5. The van der Waals surface area contributed by atoms with Crippen molar-refractivity contribution >= 4 is 21.7 Å². The first-order valence-corrected chi connectivity index (χ1v) is 12.4. The first-order valence-electron chi connectivity index (χ1n) is 10.9. The van der Waals surface area contributed by atoms with Gasteiger partial charge in [0.2, 0.25) is 0 Å². The monoisotopic (exact) mass is 560 g/mol. The highest BCUT2D eigenvalue weighted by Crippen LogP contribution is 2.41. The second kappa shape index (κ2) is 9.82. The van der Waals surface area contributed by atoms with Crippen molar-refractivity contribution in [1.82, 2.24) is 4.98 Å². The molecule has 7 nitrogen and oxygen atoms in total. The zero-order valence-electron chi connectivity index (χ0n) is 19.1. The molecule has 0 saturated heterocycles. The average Bonchev–Trinajstić information content (AvgIpc) is 2.85. The van der Waals surface area contributed by atoms with Crippen molar-refractivity contribution in [3.8, 4) is 17.0 Å². The standard InChI is InChI=1S/C24H18F6N2O5S/c25-23(26,27)15-3-1-4-17(12-15)38(35,36)32-13-16(8-10-22(33)34)37-20-9-7-14(11-19(20)32)18-5-2-6-21(31-18)24(28,29)30/h1-7,9,11-12,16H,8,10,13H2,(H,33,34)/t16-/m0/s1. The maximum Gasteiger partial charge on any atom is 0.433 e. The van der Waals surface area contributed by atoms with E-state index in [1.807, 2.05) is 0 Å². The van der Waals surface area contributed by atoms with Crippen LogP contribution in [0.1, 0.15) is 24.1 Å². The lowest BCUT2D eigenvalue weighted by Gasteiger charge is -2.35. The molecular formula is C24H18F6N2O5S. The largest absolute Gasteiger partial charge is 0.486 e. The number of alkyl halides is 6. The first-order chi connectivity index (χ1) is 17.7. The van der Waals surface area contributed by atoms with Crippen LogP contribution in [-0.2, 0) is 27.2 Å². The molecule has 14 heteroatoms. The Morgan fingerprint density at radius 1 is 1.00 bits per heavy atom. The highest BCUT2D eigenvalue weighted by molar-refractivity contribution is 7.92. The van der Waals surface area contributed by atoms with E-state index in [1.165, 1.54) is 24.3 Å². The minimum Gasteiger partial charge on any atom is -0.486 e. The Labute approximate surface area is 212 Å². The first kappa shape index (κ1) is 27.2. The van der Waals surface area contributed by atoms with E-state index < -0.39 is 57.1 Å². The van der Waals surface area contributed by atoms with E-state index in [9.17, 15) is 39.6 Å². The van der Waals surface area contributed by atoms with Gasteiger partial charge < -0.3 is 9.84 Å². The van der Waals surface area contributed by atoms with E-state index in [4.69, 9.17) is 9.84 Å². The van der Waals surface area contributed by atoms with Crippen LogP contribution in [0.15, 0.2) is 65.6 Å². The number of fused-ring (bicyclic) bond motifs is 1. The average molecular weight is 560 g/mol. The number of carbonyl (C=O) groups is 1. The van der Waals surface area contributed by atoms with Crippen LogP contribution in [0.5, 0.6) is 5.75 Å². The number of benzene rings is 2. The molecule has 0 radical (unpaired) electrons. The summed E-state index contributed by atoms with van der Waals surface area (Å²) in [5.41, 5.74) is -2.56. The molecule has 1 aliphatic heterocycles. The minimum atomic E-state index is -4.82. The molecule has 3 aromatic rings. The zero-order chi connectivity index (χ0) is 27.9. The second-order valence-corrected chi connectivity index (χ2v) is 10.2. The van der Waals surface area contributed by atoms with E-state index in [2.05, 4.69) is 4.98 Å². The van der Waals surface area contributed by atoms with Gasteiger partial charge in [0.15, 0.2) is 0 Å². The Kier molecular flexibility index (Phi) is 7.03. The summed E-state index contributed by atoms with van der Waals surface area (Å²) < 4.78 is 113. The Bertz CT molecular complexity index is 1470. The van der Waals surface area contributed by atoms with Crippen molar-refractivity contribution in [3.63, 3.8) is 0 Å². The van der Waals surface area contributed by atoms with Gasteiger partial charge in [-0.05, 0) is 55.0 Å². The van der Waals surface area contributed by atoms with Crippen LogP contribution < -0.4 is 9.04 Å². The van der Waals surface area contributed by atoms with E-state index >= 15 is 0 Å². The van der Waals surface area contributed by atoms with Gasteiger partial charge in [-0.15, -0.1) is 0 Å². The smallest absolute Gasteiger partial charge is 0.433 e. The molecule has 0 bridgehead atoms. The van der Waals surface area contributed by atoms with Crippen LogP contribution in [0, 0.1) is 0 Å². The van der Waals surface area contributed by atoms with Gasteiger partial charge in [-0.3, -0.25) is 9.10 Å². The van der Waals surface area contributed by atoms with Gasteiger partial charge in [-0.1, -0.05) is 12.1 Å². The van der Waals surface area contributed by atoms with Crippen LogP contribution in [-0.4, -0.2) is 37.1 Å². The lowest BCUT2D eigenvalue weighted by Crippen LogP contribution is -2.43. The van der Waals surface area contributed by atoms with Crippen LogP contribution in [0.25, 0.3) is 11.3 Å². The van der Waals surface area contributed by atoms with Gasteiger partial charge in [-0.25, -0.2) is 13.4 Å². The molecule has 0 amide bonds. The summed E-state index contributed by atoms with van der Waals surface area (Å²) in [6.45, 7) is -0.446. The number of carboxylic acid groups (broad SMARTS) is 1. The summed E-state index contributed by atoms with van der Waals surface area (Å²) in [7, 11) is -4.65. The lowest BCUT2D eigenvalue weighted by atomic mass is 10.1. The molecule has 38 heavy (non-hydrogen) atoms. The topological polar surface area (TPSA) is 96.8 Å². The fourth-order valence-electron chi connectivity index (χ4n) is 3.85. The van der Waals surface area contributed by atoms with Gasteiger partial charge in [-0.2, -0.15) is 26.3 Å². The minimum absolute atomic E-state index is 0.0436. The van der Waals surface area contributed by atoms with E-state index in [-0.39, 0.29) is 35.5 Å². The van der Waals surface area contributed by atoms with Gasteiger partial charge >= 0.3 is 18.3 Å². The number of anilines is 1. The molecule has 1 aliphatic rings. The molecule has 4 rings (SSSR count).